The molecule has 5 nitrogen and oxygen atoms in total. The fourth-order valence-electron chi connectivity index (χ4n) is 2.60. The first-order valence-electron chi connectivity index (χ1n) is 7.69. The van der Waals surface area contributed by atoms with Gasteiger partial charge in [-0.1, -0.05) is 17.7 Å². The summed E-state index contributed by atoms with van der Waals surface area (Å²) in [5.41, 5.74) is 4.93. The second-order valence-corrected chi connectivity index (χ2v) is 8.64. The lowest BCUT2D eigenvalue weighted by molar-refractivity contribution is 0.592. The zero-order valence-electron chi connectivity index (χ0n) is 13.7. The highest BCUT2D eigenvalue weighted by Gasteiger charge is 2.28. The van der Waals surface area contributed by atoms with Gasteiger partial charge in [0.15, 0.2) is 14.9 Å². The first kappa shape index (κ1) is 18.8. The number of anilines is 1. The molecule has 136 valence electrons. The van der Waals surface area contributed by atoms with Crippen molar-refractivity contribution in [3.63, 3.8) is 0 Å². The quantitative estimate of drug-likeness (QED) is 0.448. The van der Waals surface area contributed by atoms with Crippen molar-refractivity contribution in [1.82, 2.24) is 5.43 Å². The third-order valence-electron chi connectivity index (χ3n) is 4.00. The van der Waals surface area contributed by atoms with Gasteiger partial charge in [0, 0.05) is 22.7 Å². The summed E-state index contributed by atoms with van der Waals surface area (Å²) in [5.74, 6) is -0.608. The lowest BCUT2D eigenvalue weighted by Crippen LogP contribution is -2.28. The predicted molar refractivity (Wildman–Crippen MR) is 105 cm³/mol. The zero-order valence-corrected chi connectivity index (χ0v) is 16.1. The SMILES string of the molecule is Cc1c(Cl)cccc1NC(=S)N/N=C1/CCS(=O)(=O)c2ccc(F)cc21. The summed E-state index contributed by atoms with van der Waals surface area (Å²) < 4.78 is 37.8. The van der Waals surface area contributed by atoms with E-state index in [-0.39, 0.29) is 27.7 Å². The Hall–Kier alpha value is -2.03. The van der Waals surface area contributed by atoms with Crippen molar-refractivity contribution in [3.05, 3.63) is 58.4 Å². The van der Waals surface area contributed by atoms with E-state index >= 15 is 0 Å². The van der Waals surface area contributed by atoms with Crippen molar-refractivity contribution in [2.75, 3.05) is 11.1 Å². The first-order chi connectivity index (χ1) is 12.3. The standard InChI is InChI=1S/C17H15ClFN3O2S2/c1-10-13(18)3-2-4-14(10)20-17(25)22-21-15-7-8-26(23,24)16-6-5-11(19)9-12(15)16/h2-6,9H,7-8H2,1H3,(H2,20,22,25)/b21-15-. The van der Waals surface area contributed by atoms with Gasteiger partial charge in [0.25, 0.3) is 0 Å². The number of rotatable bonds is 2. The average Bonchev–Trinajstić information content (AvgIpc) is 2.58. The van der Waals surface area contributed by atoms with Crippen LogP contribution in [0.1, 0.15) is 17.5 Å². The van der Waals surface area contributed by atoms with E-state index in [1.807, 2.05) is 13.0 Å². The number of benzene rings is 2. The van der Waals surface area contributed by atoms with E-state index in [4.69, 9.17) is 23.8 Å². The largest absolute Gasteiger partial charge is 0.331 e. The molecule has 0 bridgehead atoms. The van der Waals surface area contributed by atoms with Crippen molar-refractivity contribution in [2.24, 2.45) is 5.10 Å². The van der Waals surface area contributed by atoms with Gasteiger partial charge >= 0.3 is 0 Å². The van der Waals surface area contributed by atoms with Crippen molar-refractivity contribution in [3.8, 4) is 0 Å². The van der Waals surface area contributed by atoms with Gasteiger partial charge < -0.3 is 5.32 Å². The summed E-state index contributed by atoms with van der Waals surface area (Å²) >= 11 is 11.3. The molecule has 2 aromatic carbocycles. The Kier molecular flexibility index (Phi) is 5.27. The van der Waals surface area contributed by atoms with Gasteiger partial charge in [-0.3, -0.25) is 5.43 Å². The summed E-state index contributed by atoms with van der Waals surface area (Å²) in [5, 5.41) is 7.98. The number of fused-ring (bicyclic) bond motifs is 1. The molecule has 0 atom stereocenters. The maximum Gasteiger partial charge on any atom is 0.191 e. The van der Waals surface area contributed by atoms with Crippen LogP contribution in [0.3, 0.4) is 0 Å². The molecule has 0 fully saturated rings. The van der Waals surface area contributed by atoms with E-state index in [9.17, 15) is 12.8 Å². The third-order valence-corrected chi connectivity index (χ3v) is 6.37. The van der Waals surface area contributed by atoms with Crippen LogP contribution in [0.5, 0.6) is 0 Å². The minimum atomic E-state index is -3.43. The molecule has 2 N–H and O–H groups in total. The van der Waals surface area contributed by atoms with Gasteiger partial charge in [-0.15, -0.1) is 0 Å². The van der Waals surface area contributed by atoms with Crippen LogP contribution in [0.15, 0.2) is 46.4 Å². The topological polar surface area (TPSA) is 70.6 Å². The molecule has 0 saturated carbocycles. The number of nitrogens with zero attached hydrogens (tertiary/aromatic N) is 1. The summed E-state index contributed by atoms with van der Waals surface area (Å²) in [4.78, 5) is 0.0789. The number of sulfone groups is 1. The van der Waals surface area contributed by atoms with Crippen molar-refractivity contribution in [1.29, 1.82) is 0 Å². The van der Waals surface area contributed by atoms with Gasteiger partial charge in [-0.25, -0.2) is 12.8 Å². The molecule has 1 heterocycles. The van der Waals surface area contributed by atoms with Gasteiger partial charge in [0.05, 0.1) is 16.4 Å². The summed E-state index contributed by atoms with van der Waals surface area (Å²) in [7, 11) is -3.43. The normalized spacial score (nSPS) is 16.8. The molecule has 0 radical (unpaired) electrons. The Morgan fingerprint density at radius 3 is 2.85 bits per heavy atom. The number of thiocarbonyl (C=S) groups is 1. The lowest BCUT2D eigenvalue weighted by atomic mass is 10.1. The molecule has 0 aliphatic carbocycles. The monoisotopic (exact) mass is 411 g/mol. The fourth-order valence-corrected chi connectivity index (χ4v) is 4.40. The number of hydrogen-bond donors (Lipinski definition) is 2. The molecule has 0 saturated heterocycles. The number of halogens is 2. The van der Waals surface area contributed by atoms with Gasteiger partial charge in [-0.2, -0.15) is 5.10 Å². The fraction of sp³-hybridized carbons (Fsp3) is 0.176. The Bertz CT molecular complexity index is 1020. The summed E-state index contributed by atoms with van der Waals surface area (Å²) in [6.07, 6.45) is 0.171. The van der Waals surface area contributed by atoms with Gasteiger partial charge in [-0.05, 0) is 55.0 Å². The molecule has 26 heavy (non-hydrogen) atoms. The highest BCUT2D eigenvalue weighted by atomic mass is 35.5. The highest BCUT2D eigenvalue weighted by molar-refractivity contribution is 7.91. The van der Waals surface area contributed by atoms with E-state index in [1.165, 1.54) is 12.1 Å². The highest BCUT2D eigenvalue weighted by Crippen LogP contribution is 2.26. The van der Waals surface area contributed by atoms with Crippen LogP contribution in [-0.4, -0.2) is 25.0 Å². The molecule has 1 aliphatic heterocycles. The smallest absolute Gasteiger partial charge is 0.191 e. The van der Waals surface area contributed by atoms with Crippen LogP contribution in [0.2, 0.25) is 5.02 Å². The van der Waals surface area contributed by atoms with E-state index in [1.54, 1.807) is 12.1 Å². The molecule has 0 amide bonds. The molecule has 0 aromatic heterocycles. The second kappa shape index (κ2) is 7.30. The molecule has 9 heteroatoms. The molecular weight excluding hydrogens is 397 g/mol. The molecule has 3 rings (SSSR count). The van der Waals surface area contributed by atoms with E-state index in [0.717, 1.165) is 17.3 Å². The minimum Gasteiger partial charge on any atom is -0.331 e. The number of hydrogen-bond acceptors (Lipinski definition) is 4. The van der Waals surface area contributed by atoms with Crippen LogP contribution < -0.4 is 10.7 Å². The summed E-state index contributed by atoms with van der Waals surface area (Å²) in [6, 6.07) is 8.94. The second-order valence-electron chi connectivity index (χ2n) is 5.75. The van der Waals surface area contributed by atoms with E-state index < -0.39 is 15.7 Å². The predicted octanol–water partition coefficient (Wildman–Crippen LogP) is 3.66. The van der Waals surface area contributed by atoms with Crippen LogP contribution in [0.25, 0.3) is 0 Å². The van der Waals surface area contributed by atoms with Gasteiger partial charge in [0.1, 0.15) is 5.82 Å². The molecule has 0 unspecified atom stereocenters. The number of nitrogens with one attached hydrogen (secondary N) is 2. The molecule has 0 spiro atoms. The maximum absolute atomic E-state index is 13.6. The van der Waals surface area contributed by atoms with E-state index in [2.05, 4.69) is 15.8 Å². The van der Waals surface area contributed by atoms with Crippen LogP contribution in [0, 0.1) is 12.7 Å². The van der Waals surface area contributed by atoms with Crippen LogP contribution in [0.4, 0.5) is 10.1 Å². The average molecular weight is 412 g/mol. The molecule has 2 aromatic rings. The van der Waals surface area contributed by atoms with Crippen molar-refractivity contribution >= 4 is 50.2 Å². The Morgan fingerprint density at radius 1 is 1.31 bits per heavy atom. The minimum absolute atomic E-state index is 0.0789. The number of hydrazone groups is 1. The molecule has 1 aliphatic rings. The Morgan fingerprint density at radius 2 is 2.08 bits per heavy atom. The zero-order chi connectivity index (χ0) is 18.9. The first-order valence-corrected chi connectivity index (χ1v) is 10.1. The Labute approximate surface area is 161 Å². The van der Waals surface area contributed by atoms with Crippen LogP contribution >= 0.6 is 23.8 Å². The van der Waals surface area contributed by atoms with Crippen molar-refractivity contribution in [2.45, 2.75) is 18.2 Å². The van der Waals surface area contributed by atoms with Gasteiger partial charge in [0.2, 0.25) is 0 Å². The Balaban J connectivity index is 1.82. The lowest BCUT2D eigenvalue weighted by Gasteiger charge is -2.18. The van der Waals surface area contributed by atoms with Crippen LogP contribution in [-0.2, 0) is 9.84 Å². The van der Waals surface area contributed by atoms with Crippen molar-refractivity contribution < 1.29 is 12.8 Å². The van der Waals surface area contributed by atoms with E-state index in [0.29, 0.717) is 10.7 Å². The maximum atomic E-state index is 13.6. The molecular formula is C17H15ClFN3O2S2. The third kappa shape index (κ3) is 3.87. The summed E-state index contributed by atoms with van der Waals surface area (Å²) in [6.45, 7) is 1.85.